The van der Waals surface area contributed by atoms with Gasteiger partial charge in [0.05, 0.1) is 28.0 Å². The number of nitrogens with one attached hydrogen (secondary N) is 1. The standard InChI is InChI=1S/C17H13F4N3OS/c1-24-14-5-3-2-4-12(14)23-16(24)26-9-15(25)22-13-8-10(17(19,20)21)6-7-11(13)18/h2-8H,9H2,1H3,(H,22,25). The summed E-state index contributed by atoms with van der Waals surface area (Å²) in [6.45, 7) is 0. The molecule has 2 aromatic carbocycles. The summed E-state index contributed by atoms with van der Waals surface area (Å²) in [4.78, 5) is 16.4. The van der Waals surface area contributed by atoms with Crippen LogP contribution in [0.25, 0.3) is 11.0 Å². The first-order valence-electron chi connectivity index (χ1n) is 7.46. The molecule has 3 rings (SSSR count). The monoisotopic (exact) mass is 383 g/mol. The Kier molecular flexibility index (Phi) is 4.90. The molecule has 0 aliphatic heterocycles. The number of nitrogens with zero attached hydrogens (tertiary/aromatic N) is 2. The van der Waals surface area contributed by atoms with E-state index in [1.807, 2.05) is 24.3 Å². The van der Waals surface area contributed by atoms with Crippen LogP contribution in [0.5, 0.6) is 0 Å². The summed E-state index contributed by atoms with van der Waals surface area (Å²) in [5, 5.41) is 2.75. The van der Waals surface area contributed by atoms with Crippen LogP contribution in [0.1, 0.15) is 5.56 Å². The number of hydrogen-bond donors (Lipinski definition) is 1. The average Bonchev–Trinajstić information content (AvgIpc) is 2.90. The summed E-state index contributed by atoms with van der Waals surface area (Å²) in [7, 11) is 1.79. The van der Waals surface area contributed by atoms with Crippen LogP contribution < -0.4 is 5.32 Å². The highest BCUT2D eigenvalue weighted by Crippen LogP contribution is 2.32. The fraction of sp³-hybridized carbons (Fsp3) is 0.176. The number of imidazole rings is 1. The van der Waals surface area contributed by atoms with Crippen LogP contribution in [0.3, 0.4) is 0 Å². The number of fused-ring (bicyclic) bond motifs is 1. The predicted molar refractivity (Wildman–Crippen MR) is 91.5 cm³/mol. The van der Waals surface area contributed by atoms with Crippen LogP contribution in [0.2, 0.25) is 0 Å². The quantitative estimate of drug-likeness (QED) is 0.534. The van der Waals surface area contributed by atoms with Crippen LogP contribution in [-0.4, -0.2) is 21.2 Å². The smallest absolute Gasteiger partial charge is 0.323 e. The van der Waals surface area contributed by atoms with Crippen molar-refractivity contribution in [3.05, 3.63) is 53.8 Å². The van der Waals surface area contributed by atoms with Crippen molar-refractivity contribution < 1.29 is 22.4 Å². The Balaban J connectivity index is 1.70. The van der Waals surface area contributed by atoms with E-state index in [2.05, 4.69) is 10.3 Å². The molecule has 0 bridgehead atoms. The van der Waals surface area contributed by atoms with Crippen molar-refractivity contribution in [2.75, 3.05) is 11.1 Å². The second-order valence-corrected chi connectivity index (χ2v) is 6.41. The minimum Gasteiger partial charge on any atom is -0.323 e. The van der Waals surface area contributed by atoms with Crippen molar-refractivity contribution in [3.8, 4) is 0 Å². The third kappa shape index (κ3) is 3.82. The van der Waals surface area contributed by atoms with Crippen LogP contribution in [-0.2, 0) is 18.0 Å². The Hall–Kier alpha value is -2.55. The minimum atomic E-state index is -4.62. The number of halogens is 4. The van der Waals surface area contributed by atoms with Gasteiger partial charge in [-0.1, -0.05) is 23.9 Å². The van der Waals surface area contributed by atoms with Gasteiger partial charge in [-0.3, -0.25) is 4.79 Å². The van der Waals surface area contributed by atoms with Crippen LogP contribution in [0.4, 0.5) is 23.2 Å². The molecule has 0 aliphatic rings. The molecule has 3 aromatic rings. The van der Waals surface area contributed by atoms with E-state index in [1.165, 1.54) is 0 Å². The maximum absolute atomic E-state index is 13.7. The van der Waals surface area contributed by atoms with Crippen molar-refractivity contribution in [1.82, 2.24) is 9.55 Å². The normalized spacial score (nSPS) is 11.7. The summed E-state index contributed by atoms with van der Waals surface area (Å²) in [6, 6.07) is 9.29. The first-order chi connectivity index (χ1) is 12.3. The highest BCUT2D eigenvalue weighted by Gasteiger charge is 2.31. The number of carbonyl (C=O) groups is 1. The maximum Gasteiger partial charge on any atom is 0.416 e. The van der Waals surface area contributed by atoms with Gasteiger partial charge in [0.2, 0.25) is 5.91 Å². The van der Waals surface area contributed by atoms with Gasteiger partial charge in [0.1, 0.15) is 5.82 Å². The first-order valence-corrected chi connectivity index (χ1v) is 8.45. The summed E-state index contributed by atoms with van der Waals surface area (Å²) in [5.74, 6) is -1.67. The van der Waals surface area contributed by atoms with Crippen molar-refractivity contribution in [3.63, 3.8) is 0 Å². The SMILES string of the molecule is Cn1c(SCC(=O)Nc2cc(C(F)(F)F)ccc2F)nc2ccccc21. The van der Waals surface area contributed by atoms with Gasteiger partial charge >= 0.3 is 6.18 Å². The number of hydrogen-bond acceptors (Lipinski definition) is 3. The molecule has 9 heteroatoms. The van der Waals surface area contributed by atoms with E-state index in [-0.39, 0.29) is 5.75 Å². The molecule has 1 aromatic heterocycles. The molecule has 4 nitrogen and oxygen atoms in total. The number of aryl methyl sites for hydroxylation is 1. The third-order valence-electron chi connectivity index (χ3n) is 3.65. The van der Waals surface area contributed by atoms with Crippen LogP contribution >= 0.6 is 11.8 Å². The van der Waals surface area contributed by atoms with E-state index >= 15 is 0 Å². The number of para-hydroxylation sites is 2. The number of carbonyl (C=O) groups excluding carboxylic acids is 1. The molecule has 0 spiro atoms. The lowest BCUT2D eigenvalue weighted by Crippen LogP contribution is -2.16. The molecule has 0 saturated carbocycles. The summed E-state index contributed by atoms with van der Waals surface area (Å²) < 4.78 is 53.6. The number of alkyl halides is 3. The number of benzene rings is 2. The molecule has 136 valence electrons. The Morgan fingerprint density at radius 3 is 2.65 bits per heavy atom. The molecule has 1 heterocycles. The largest absolute Gasteiger partial charge is 0.416 e. The second-order valence-electron chi connectivity index (χ2n) is 5.47. The Labute approximate surface area is 150 Å². The molecule has 0 unspecified atom stereocenters. The number of amides is 1. The average molecular weight is 383 g/mol. The highest BCUT2D eigenvalue weighted by atomic mass is 32.2. The zero-order valence-corrected chi connectivity index (χ0v) is 14.3. The van der Waals surface area contributed by atoms with E-state index in [1.54, 1.807) is 11.6 Å². The maximum atomic E-state index is 13.7. The zero-order valence-electron chi connectivity index (χ0n) is 13.5. The van der Waals surface area contributed by atoms with Gasteiger partial charge in [0.15, 0.2) is 5.16 Å². The van der Waals surface area contributed by atoms with E-state index in [4.69, 9.17) is 0 Å². The molecule has 0 saturated heterocycles. The van der Waals surface area contributed by atoms with Gasteiger partial charge in [-0.05, 0) is 30.3 Å². The Bertz CT molecular complexity index is 968. The number of aromatic nitrogens is 2. The van der Waals surface area contributed by atoms with Gasteiger partial charge in [0, 0.05) is 7.05 Å². The van der Waals surface area contributed by atoms with Gasteiger partial charge in [-0.2, -0.15) is 13.2 Å². The third-order valence-corrected chi connectivity index (χ3v) is 4.68. The molecular formula is C17H13F4N3OS. The molecule has 0 aliphatic carbocycles. The number of thioether (sulfide) groups is 1. The lowest BCUT2D eigenvalue weighted by molar-refractivity contribution is -0.137. The zero-order chi connectivity index (χ0) is 18.9. The topological polar surface area (TPSA) is 46.9 Å². The predicted octanol–water partition coefficient (Wildman–Crippen LogP) is 4.46. The fourth-order valence-electron chi connectivity index (χ4n) is 2.37. The summed E-state index contributed by atoms with van der Waals surface area (Å²) in [5.41, 5.74) is 0.119. The highest BCUT2D eigenvalue weighted by molar-refractivity contribution is 7.99. The molecule has 0 atom stereocenters. The van der Waals surface area contributed by atoms with Gasteiger partial charge in [-0.25, -0.2) is 9.37 Å². The van der Waals surface area contributed by atoms with Gasteiger partial charge in [-0.15, -0.1) is 0 Å². The van der Waals surface area contributed by atoms with E-state index < -0.39 is 29.2 Å². The summed E-state index contributed by atoms with van der Waals surface area (Å²) in [6.07, 6.45) is -4.62. The minimum absolute atomic E-state index is 0.118. The van der Waals surface area contributed by atoms with E-state index in [0.717, 1.165) is 22.8 Å². The molecule has 1 amide bonds. The number of rotatable bonds is 4. The fourth-order valence-corrected chi connectivity index (χ4v) is 3.15. The van der Waals surface area contributed by atoms with Crippen LogP contribution in [0.15, 0.2) is 47.6 Å². The van der Waals surface area contributed by atoms with Crippen molar-refractivity contribution in [1.29, 1.82) is 0 Å². The van der Waals surface area contributed by atoms with Gasteiger partial charge < -0.3 is 9.88 Å². The molecular weight excluding hydrogens is 370 g/mol. The van der Waals surface area contributed by atoms with E-state index in [9.17, 15) is 22.4 Å². The van der Waals surface area contributed by atoms with Gasteiger partial charge in [0.25, 0.3) is 0 Å². The first kappa shape index (κ1) is 18.2. The molecule has 0 fully saturated rings. The molecule has 26 heavy (non-hydrogen) atoms. The second kappa shape index (κ2) is 6.99. The van der Waals surface area contributed by atoms with Crippen molar-refractivity contribution in [2.45, 2.75) is 11.3 Å². The lowest BCUT2D eigenvalue weighted by Gasteiger charge is -2.11. The van der Waals surface area contributed by atoms with E-state index in [0.29, 0.717) is 23.4 Å². The van der Waals surface area contributed by atoms with Crippen LogP contribution in [0, 0.1) is 5.82 Å². The molecule has 1 N–H and O–H groups in total. The van der Waals surface area contributed by atoms with Crippen molar-refractivity contribution >= 4 is 34.4 Å². The molecule has 0 radical (unpaired) electrons. The Morgan fingerprint density at radius 1 is 1.23 bits per heavy atom. The lowest BCUT2D eigenvalue weighted by atomic mass is 10.2. The summed E-state index contributed by atoms with van der Waals surface area (Å²) >= 11 is 1.11. The van der Waals surface area contributed by atoms with Crippen molar-refractivity contribution in [2.24, 2.45) is 7.05 Å². The Morgan fingerprint density at radius 2 is 1.96 bits per heavy atom. The number of anilines is 1.